The second-order valence-corrected chi connectivity index (χ2v) is 6.59. The van der Waals surface area contributed by atoms with Crippen LogP contribution in [0.1, 0.15) is 25.7 Å². The molecule has 1 fully saturated rings. The highest BCUT2D eigenvalue weighted by Crippen LogP contribution is 2.34. The molecule has 2 aromatic rings. The molecule has 0 bridgehead atoms. The first-order chi connectivity index (χ1) is 8.88. The van der Waals surface area contributed by atoms with Crippen molar-refractivity contribution in [2.45, 2.75) is 31.7 Å². The highest BCUT2D eigenvalue weighted by atomic mass is 79.9. The summed E-state index contributed by atoms with van der Waals surface area (Å²) in [5, 5.41) is 2.32. The maximum atomic E-state index is 4.79. The Labute approximate surface area is 120 Å². The van der Waals surface area contributed by atoms with Crippen molar-refractivity contribution >= 4 is 42.6 Å². The number of fused-ring (bicyclic) bond motifs is 1. The van der Waals surface area contributed by atoms with Gasteiger partial charge in [-0.05, 0) is 37.8 Å². The van der Waals surface area contributed by atoms with Gasteiger partial charge in [0.15, 0.2) is 5.13 Å². The Morgan fingerprint density at radius 2 is 2.28 bits per heavy atom. The minimum absolute atomic E-state index is 0.697. The molecule has 96 valence electrons. The standard InChI is InChI=1S/C14H17BrN2S/c15-9-3-5-11-6-4-10-17(11)14-16-12-7-1-2-8-13(12)18-14/h1-2,7-8,11H,3-6,9-10H2. The number of benzene rings is 1. The molecule has 3 rings (SSSR count). The number of anilines is 1. The van der Waals surface area contributed by atoms with Gasteiger partial charge in [0.2, 0.25) is 0 Å². The van der Waals surface area contributed by atoms with Crippen LogP contribution in [0.3, 0.4) is 0 Å². The van der Waals surface area contributed by atoms with E-state index < -0.39 is 0 Å². The van der Waals surface area contributed by atoms with Gasteiger partial charge in [-0.15, -0.1) is 0 Å². The van der Waals surface area contributed by atoms with Crippen LogP contribution in [0.15, 0.2) is 24.3 Å². The van der Waals surface area contributed by atoms with Crippen molar-refractivity contribution in [3.8, 4) is 0 Å². The van der Waals surface area contributed by atoms with Crippen LogP contribution in [-0.4, -0.2) is 22.9 Å². The van der Waals surface area contributed by atoms with E-state index >= 15 is 0 Å². The lowest BCUT2D eigenvalue weighted by molar-refractivity contribution is 0.604. The lowest BCUT2D eigenvalue weighted by atomic mass is 10.1. The van der Waals surface area contributed by atoms with Crippen molar-refractivity contribution in [3.63, 3.8) is 0 Å². The van der Waals surface area contributed by atoms with E-state index in [4.69, 9.17) is 4.98 Å². The quantitative estimate of drug-likeness (QED) is 0.773. The minimum Gasteiger partial charge on any atom is -0.345 e. The number of thiazole rings is 1. The van der Waals surface area contributed by atoms with Gasteiger partial charge in [-0.3, -0.25) is 0 Å². The summed E-state index contributed by atoms with van der Waals surface area (Å²) in [6.07, 6.45) is 5.17. The lowest BCUT2D eigenvalue weighted by Crippen LogP contribution is -2.28. The van der Waals surface area contributed by atoms with E-state index in [0.717, 1.165) is 10.8 Å². The zero-order chi connectivity index (χ0) is 12.4. The SMILES string of the molecule is BrCCCC1CCCN1c1nc2ccccc2s1. The molecule has 4 heteroatoms. The van der Waals surface area contributed by atoms with E-state index in [1.165, 1.54) is 42.1 Å². The van der Waals surface area contributed by atoms with E-state index in [9.17, 15) is 0 Å². The molecule has 1 aliphatic heterocycles. The molecule has 1 aromatic heterocycles. The Kier molecular flexibility index (Phi) is 3.85. The molecule has 0 radical (unpaired) electrons. The van der Waals surface area contributed by atoms with E-state index in [-0.39, 0.29) is 0 Å². The maximum Gasteiger partial charge on any atom is 0.186 e. The van der Waals surface area contributed by atoms with E-state index in [1.54, 1.807) is 0 Å². The Bertz CT molecular complexity index is 492. The van der Waals surface area contributed by atoms with Crippen LogP contribution >= 0.6 is 27.3 Å². The Balaban J connectivity index is 1.84. The molecule has 0 aliphatic carbocycles. The van der Waals surface area contributed by atoms with Crippen molar-refractivity contribution in [1.82, 2.24) is 4.98 Å². The number of halogens is 1. The van der Waals surface area contributed by atoms with Crippen LogP contribution in [0.5, 0.6) is 0 Å². The second kappa shape index (κ2) is 5.57. The molecule has 0 amide bonds. The fourth-order valence-electron chi connectivity index (χ4n) is 2.68. The third-order valence-corrected chi connectivity index (χ3v) is 5.21. The molecule has 1 unspecified atom stereocenters. The van der Waals surface area contributed by atoms with Crippen molar-refractivity contribution in [1.29, 1.82) is 0 Å². The van der Waals surface area contributed by atoms with Gasteiger partial charge < -0.3 is 4.90 Å². The number of hydrogen-bond donors (Lipinski definition) is 0. The van der Waals surface area contributed by atoms with Crippen LogP contribution in [0.25, 0.3) is 10.2 Å². The fraction of sp³-hybridized carbons (Fsp3) is 0.500. The van der Waals surface area contributed by atoms with Gasteiger partial charge in [-0.1, -0.05) is 39.4 Å². The molecule has 1 aromatic carbocycles. The Morgan fingerprint density at radius 1 is 1.39 bits per heavy atom. The summed E-state index contributed by atoms with van der Waals surface area (Å²) in [5.41, 5.74) is 1.14. The molecular weight excluding hydrogens is 308 g/mol. The molecule has 0 N–H and O–H groups in total. The van der Waals surface area contributed by atoms with Gasteiger partial charge in [0.05, 0.1) is 10.2 Å². The molecule has 18 heavy (non-hydrogen) atoms. The van der Waals surface area contributed by atoms with Crippen LogP contribution in [-0.2, 0) is 0 Å². The highest BCUT2D eigenvalue weighted by molar-refractivity contribution is 9.09. The predicted molar refractivity (Wildman–Crippen MR) is 83.0 cm³/mol. The number of rotatable bonds is 4. The van der Waals surface area contributed by atoms with Gasteiger partial charge in [-0.25, -0.2) is 4.98 Å². The van der Waals surface area contributed by atoms with Crippen molar-refractivity contribution in [3.05, 3.63) is 24.3 Å². The molecule has 2 nitrogen and oxygen atoms in total. The lowest BCUT2D eigenvalue weighted by Gasteiger charge is -2.23. The summed E-state index contributed by atoms with van der Waals surface area (Å²) in [6, 6.07) is 9.14. The first-order valence-electron chi connectivity index (χ1n) is 6.56. The third-order valence-electron chi connectivity index (χ3n) is 3.58. The van der Waals surface area contributed by atoms with E-state index in [0.29, 0.717) is 6.04 Å². The van der Waals surface area contributed by atoms with Crippen molar-refractivity contribution in [2.75, 3.05) is 16.8 Å². The molecule has 0 saturated carbocycles. The van der Waals surface area contributed by atoms with Crippen molar-refractivity contribution < 1.29 is 0 Å². The monoisotopic (exact) mass is 324 g/mol. The molecule has 1 aliphatic rings. The number of aromatic nitrogens is 1. The van der Waals surface area contributed by atoms with Gasteiger partial charge >= 0.3 is 0 Å². The van der Waals surface area contributed by atoms with Crippen LogP contribution in [0.4, 0.5) is 5.13 Å². The molecule has 1 atom stereocenters. The average molecular weight is 325 g/mol. The predicted octanol–water partition coefficient (Wildman–Crippen LogP) is 4.44. The summed E-state index contributed by atoms with van der Waals surface area (Å²) in [5.74, 6) is 0. The zero-order valence-electron chi connectivity index (χ0n) is 10.3. The normalized spacial score (nSPS) is 19.8. The largest absolute Gasteiger partial charge is 0.345 e. The van der Waals surface area contributed by atoms with E-state index in [2.05, 4.69) is 45.1 Å². The fourth-order valence-corrected chi connectivity index (χ4v) is 4.07. The Morgan fingerprint density at radius 3 is 3.11 bits per heavy atom. The summed E-state index contributed by atoms with van der Waals surface area (Å²) in [6.45, 7) is 1.17. The third kappa shape index (κ3) is 2.41. The first-order valence-corrected chi connectivity index (χ1v) is 8.50. The average Bonchev–Trinajstić information content (AvgIpc) is 3.01. The van der Waals surface area contributed by atoms with Crippen LogP contribution < -0.4 is 4.90 Å². The zero-order valence-corrected chi connectivity index (χ0v) is 12.7. The molecular formula is C14H17BrN2S. The van der Waals surface area contributed by atoms with Gasteiger partial charge in [-0.2, -0.15) is 0 Å². The highest BCUT2D eigenvalue weighted by Gasteiger charge is 2.26. The minimum atomic E-state index is 0.697. The number of alkyl halides is 1. The first kappa shape index (κ1) is 12.4. The Hall–Kier alpha value is -0.610. The molecule has 2 heterocycles. The summed E-state index contributed by atoms with van der Waals surface area (Å²) >= 11 is 5.36. The van der Waals surface area contributed by atoms with Crippen molar-refractivity contribution in [2.24, 2.45) is 0 Å². The topological polar surface area (TPSA) is 16.1 Å². The summed E-state index contributed by atoms with van der Waals surface area (Å²) < 4.78 is 1.30. The second-order valence-electron chi connectivity index (χ2n) is 4.78. The van der Waals surface area contributed by atoms with Crippen LogP contribution in [0, 0.1) is 0 Å². The number of para-hydroxylation sites is 1. The van der Waals surface area contributed by atoms with Gasteiger partial charge in [0.25, 0.3) is 0 Å². The number of hydrogen-bond acceptors (Lipinski definition) is 3. The van der Waals surface area contributed by atoms with Crippen LogP contribution in [0.2, 0.25) is 0 Å². The van der Waals surface area contributed by atoms with Gasteiger partial charge in [0.1, 0.15) is 0 Å². The van der Waals surface area contributed by atoms with E-state index in [1.807, 2.05) is 11.3 Å². The maximum absolute atomic E-state index is 4.79. The van der Waals surface area contributed by atoms with Gasteiger partial charge in [0, 0.05) is 17.9 Å². The summed E-state index contributed by atoms with van der Waals surface area (Å²) in [4.78, 5) is 7.31. The molecule has 0 spiro atoms. The summed E-state index contributed by atoms with van der Waals surface area (Å²) in [7, 11) is 0. The molecule has 1 saturated heterocycles. The number of nitrogens with zero attached hydrogens (tertiary/aromatic N) is 2. The smallest absolute Gasteiger partial charge is 0.186 e.